The summed E-state index contributed by atoms with van der Waals surface area (Å²) in [5, 5.41) is 13.1. The second kappa shape index (κ2) is 17.9. The fourth-order valence-electron chi connectivity index (χ4n) is 2.63. The van der Waals surface area contributed by atoms with Gasteiger partial charge < -0.3 is 61.0 Å². The minimum absolute atomic E-state index is 0.0176. The SMILES string of the molecule is NCC(CCCN=C(N)N)NC(=O)NCCNC(=O)NCC(CCCN=C(N)N)NC(N)=O. The van der Waals surface area contributed by atoms with Crippen molar-refractivity contribution < 1.29 is 14.4 Å². The van der Waals surface area contributed by atoms with Crippen molar-refractivity contribution in [2.24, 2.45) is 44.4 Å². The van der Waals surface area contributed by atoms with Crippen LogP contribution in [-0.4, -0.2) is 81.4 Å². The molecule has 0 aromatic carbocycles. The summed E-state index contributed by atoms with van der Waals surface area (Å²) >= 11 is 0. The van der Waals surface area contributed by atoms with Gasteiger partial charge in [-0.15, -0.1) is 0 Å². The molecule has 0 fully saturated rings. The van der Waals surface area contributed by atoms with E-state index in [4.69, 9.17) is 34.4 Å². The van der Waals surface area contributed by atoms with E-state index in [0.29, 0.717) is 38.8 Å². The zero-order chi connectivity index (χ0) is 25.1. The van der Waals surface area contributed by atoms with Crippen LogP contribution in [-0.2, 0) is 0 Å². The molecule has 190 valence electrons. The third-order valence-electron chi connectivity index (χ3n) is 4.18. The van der Waals surface area contributed by atoms with Crippen LogP contribution in [0, 0.1) is 0 Å². The average molecular weight is 474 g/mol. The molecule has 0 saturated carbocycles. The Bertz CT molecular complexity index is 648. The van der Waals surface area contributed by atoms with Crippen molar-refractivity contribution in [2.45, 2.75) is 37.8 Å². The largest absolute Gasteiger partial charge is 0.370 e. The number of carbonyl (C=O) groups excluding carboxylic acids is 3. The average Bonchev–Trinajstić information content (AvgIpc) is 2.73. The fourth-order valence-corrected chi connectivity index (χ4v) is 2.63. The van der Waals surface area contributed by atoms with E-state index < -0.39 is 18.1 Å². The number of primary amides is 1. The van der Waals surface area contributed by atoms with E-state index >= 15 is 0 Å². The lowest BCUT2D eigenvalue weighted by Gasteiger charge is -2.18. The fraction of sp³-hybridized carbons (Fsp3) is 0.706. The zero-order valence-electron chi connectivity index (χ0n) is 18.8. The van der Waals surface area contributed by atoms with Crippen LogP contribution in [0.1, 0.15) is 25.7 Å². The number of hydrogen-bond acceptors (Lipinski definition) is 6. The Hall–Kier alpha value is -3.69. The van der Waals surface area contributed by atoms with E-state index in [9.17, 15) is 14.4 Å². The second-order valence-electron chi connectivity index (χ2n) is 7.07. The number of amides is 6. The lowest BCUT2D eigenvalue weighted by molar-refractivity contribution is 0.232. The second-order valence-corrected chi connectivity index (χ2v) is 7.07. The van der Waals surface area contributed by atoms with E-state index in [1.165, 1.54) is 0 Å². The van der Waals surface area contributed by atoms with E-state index in [0.717, 1.165) is 0 Å². The van der Waals surface area contributed by atoms with Crippen molar-refractivity contribution >= 4 is 30.0 Å². The highest BCUT2D eigenvalue weighted by atomic mass is 16.2. The van der Waals surface area contributed by atoms with Gasteiger partial charge in [-0.2, -0.15) is 0 Å². The van der Waals surface area contributed by atoms with Crippen molar-refractivity contribution in [3.63, 3.8) is 0 Å². The standard InChI is InChI=1S/C17H39N13O3/c18-9-11(3-1-5-24-13(19)20)30-17(33)27-8-7-26-16(32)28-10-12(29-15(23)31)4-2-6-25-14(21)22/h11-12H,1-10,18H2,(H4,19,20,24)(H4,21,22,25)(H3,23,29,31)(H2,26,28,32)(H2,27,30,33). The third kappa shape index (κ3) is 18.8. The molecule has 0 heterocycles. The van der Waals surface area contributed by atoms with Crippen LogP contribution in [0.2, 0.25) is 0 Å². The van der Waals surface area contributed by atoms with Crippen molar-refractivity contribution in [1.29, 1.82) is 0 Å². The van der Waals surface area contributed by atoms with Crippen LogP contribution in [0.15, 0.2) is 9.98 Å². The molecule has 0 aromatic rings. The first-order valence-corrected chi connectivity index (χ1v) is 10.6. The molecule has 0 aliphatic heterocycles. The summed E-state index contributed by atoms with van der Waals surface area (Å²) in [4.78, 5) is 42.7. The van der Waals surface area contributed by atoms with Crippen LogP contribution in [0.3, 0.4) is 0 Å². The highest BCUT2D eigenvalue weighted by Crippen LogP contribution is 1.98. The number of nitrogens with two attached hydrogens (primary N) is 6. The first-order chi connectivity index (χ1) is 15.6. The van der Waals surface area contributed by atoms with Crippen LogP contribution in [0.25, 0.3) is 0 Å². The summed E-state index contributed by atoms with van der Waals surface area (Å²) in [6, 6.07) is -2.17. The van der Waals surface area contributed by atoms with Gasteiger partial charge in [-0.05, 0) is 25.7 Å². The molecular weight excluding hydrogens is 434 g/mol. The lowest BCUT2D eigenvalue weighted by Crippen LogP contribution is -2.49. The molecule has 0 aromatic heterocycles. The summed E-state index contributed by atoms with van der Waals surface area (Å²) in [6.45, 7) is 1.65. The molecule has 16 heteroatoms. The van der Waals surface area contributed by atoms with Gasteiger partial charge in [-0.3, -0.25) is 9.98 Å². The molecular formula is C17H39N13O3. The normalized spacial score (nSPS) is 11.9. The first kappa shape index (κ1) is 29.3. The van der Waals surface area contributed by atoms with Gasteiger partial charge in [0.1, 0.15) is 0 Å². The molecule has 0 rings (SSSR count). The van der Waals surface area contributed by atoms with Gasteiger partial charge in [0.25, 0.3) is 0 Å². The molecule has 0 aliphatic rings. The molecule has 6 amide bonds. The highest BCUT2D eigenvalue weighted by molar-refractivity contribution is 5.76. The van der Waals surface area contributed by atoms with E-state index in [1.54, 1.807) is 0 Å². The molecule has 0 spiro atoms. The molecule has 16 nitrogen and oxygen atoms in total. The molecule has 2 unspecified atom stereocenters. The molecule has 17 N–H and O–H groups in total. The highest BCUT2D eigenvalue weighted by Gasteiger charge is 2.12. The Morgan fingerprint density at radius 2 is 1.21 bits per heavy atom. The third-order valence-corrected chi connectivity index (χ3v) is 4.18. The molecule has 0 radical (unpaired) electrons. The minimum atomic E-state index is -0.703. The van der Waals surface area contributed by atoms with E-state index in [1.807, 2.05) is 0 Å². The van der Waals surface area contributed by atoms with Gasteiger partial charge in [0, 0.05) is 51.4 Å². The molecule has 33 heavy (non-hydrogen) atoms. The van der Waals surface area contributed by atoms with Gasteiger partial charge in [0.2, 0.25) is 0 Å². The Morgan fingerprint density at radius 3 is 1.70 bits per heavy atom. The number of rotatable bonds is 16. The molecule has 0 bridgehead atoms. The molecule has 0 saturated heterocycles. The van der Waals surface area contributed by atoms with Gasteiger partial charge in [0.05, 0.1) is 0 Å². The molecule has 0 aliphatic carbocycles. The van der Waals surface area contributed by atoms with Crippen LogP contribution in [0.5, 0.6) is 0 Å². The van der Waals surface area contributed by atoms with Crippen molar-refractivity contribution in [3.8, 4) is 0 Å². The lowest BCUT2D eigenvalue weighted by atomic mass is 10.1. The van der Waals surface area contributed by atoms with Crippen molar-refractivity contribution in [2.75, 3.05) is 39.3 Å². The van der Waals surface area contributed by atoms with E-state index in [2.05, 4.69) is 36.6 Å². The van der Waals surface area contributed by atoms with Gasteiger partial charge in [-0.1, -0.05) is 0 Å². The van der Waals surface area contributed by atoms with Crippen LogP contribution >= 0.6 is 0 Å². The number of hydrogen-bond donors (Lipinski definition) is 11. The van der Waals surface area contributed by atoms with E-state index in [-0.39, 0.29) is 50.2 Å². The minimum Gasteiger partial charge on any atom is -0.370 e. The quantitative estimate of drug-likeness (QED) is 0.0595. The summed E-state index contributed by atoms with van der Waals surface area (Å²) in [5.41, 5.74) is 31.8. The number of urea groups is 3. The maximum atomic E-state index is 11.9. The van der Waals surface area contributed by atoms with Gasteiger partial charge >= 0.3 is 18.1 Å². The number of aliphatic imine (C=N–C) groups is 2. The number of carbonyl (C=O) groups is 3. The Balaban J connectivity index is 4.10. The van der Waals surface area contributed by atoms with Crippen LogP contribution in [0.4, 0.5) is 14.4 Å². The predicted molar refractivity (Wildman–Crippen MR) is 127 cm³/mol. The smallest absolute Gasteiger partial charge is 0.315 e. The first-order valence-electron chi connectivity index (χ1n) is 10.6. The number of nitrogens with zero attached hydrogens (tertiary/aromatic N) is 2. The monoisotopic (exact) mass is 473 g/mol. The Labute approximate surface area is 193 Å². The summed E-state index contributed by atoms with van der Waals surface area (Å²) in [5.74, 6) is -0.000338. The number of nitrogens with one attached hydrogen (secondary N) is 5. The van der Waals surface area contributed by atoms with Crippen LogP contribution < -0.4 is 61.0 Å². The maximum Gasteiger partial charge on any atom is 0.315 e. The predicted octanol–water partition coefficient (Wildman–Crippen LogP) is -3.94. The summed E-state index contributed by atoms with van der Waals surface area (Å²) in [6.07, 6.45) is 2.38. The molecule has 2 atom stereocenters. The summed E-state index contributed by atoms with van der Waals surface area (Å²) < 4.78 is 0. The number of guanidine groups is 2. The summed E-state index contributed by atoms with van der Waals surface area (Å²) in [7, 11) is 0. The van der Waals surface area contributed by atoms with Crippen molar-refractivity contribution in [3.05, 3.63) is 0 Å². The Morgan fingerprint density at radius 1 is 0.697 bits per heavy atom. The zero-order valence-corrected chi connectivity index (χ0v) is 18.8. The van der Waals surface area contributed by atoms with Crippen molar-refractivity contribution in [1.82, 2.24) is 26.6 Å². The van der Waals surface area contributed by atoms with Gasteiger partial charge in [-0.25, -0.2) is 14.4 Å². The topological polar surface area (TPSA) is 292 Å². The Kier molecular flexibility index (Phi) is 15.9. The van der Waals surface area contributed by atoms with Gasteiger partial charge in [0.15, 0.2) is 11.9 Å². The maximum absolute atomic E-state index is 11.9.